The van der Waals surface area contributed by atoms with Gasteiger partial charge in [-0.25, -0.2) is 0 Å². The molecular formula is C11H7F3N2O. The lowest BCUT2D eigenvalue weighted by Gasteiger charge is -2.08. The van der Waals surface area contributed by atoms with E-state index in [2.05, 4.69) is 4.98 Å². The monoisotopic (exact) mass is 240 g/mol. The van der Waals surface area contributed by atoms with Gasteiger partial charge in [0.25, 0.3) is 0 Å². The summed E-state index contributed by atoms with van der Waals surface area (Å²) in [5.41, 5.74) is 0.103. The topological polar surface area (TPSA) is 42.0 Å². The molecule has 17 heavy (non-hydrogen) atoms. The van der Waals surface area contributed by atoms with Gasteiger partial charge in [0.1, 0.15) is 0 Å². The number of hydrogen-bond acceptors (Lipinski definition) is 2. The van der Waals surface area contributed by atoms with Crippen LogP contribution in [-0.2, 0) is 4.79 Å². The van der Waals surface area contributed by atoms with Gasteiger partial charge in [-0.2, -0.15) is 13.2 Å². The molecule has 0 fully saturated rings. The first kappa shape index (κ1) is 11.4. The molecule has 6 heteroatoms. The Morgan fingerprint density at radius 3 is 2.65 bits per heavy atom. The zero-order chi connectivity index (χ0) is 12.5. The molecule has 0 aliphatic rings. The molecule has 1 amide bonds. The van der Waals surface area contributed by atoms with Crippen LogP contribution in [0.15, 0.2) is 36.7 Å². The van der Waals surface area contributed by atoms with Crippen molar-refractivity contribution in [2.75, 3.05) is 5.32 Å². The van der Waals surface area contributed by atoms with Crippen molar-refractivity contribution in [2.24, 2.45) is 0 Å². The van der Waals surface area contributed by atoms with Crippen LogP contribution in [0.25, 0.3) is 10.8 Å². The SMILES string of the molecule is O=C(Nc1ccc2cnccc2c1)C(F)(F)F. The number of amides is 1. The van der Waals surface area contributed by atoms with Crippen LogP contribution in [-0.4, -0.2) is 17.1 Å². The third-order valence-corrected chi connectivity index (χ3v) is 2.16. The molecule has 1 aromatic heterocycles. The fourth-order valence-electron chi connectivity index (χ4n) is 1.36. The van der Waals surface area contributed by atoms with Gasteiger partial charge in [-0.3, -0.25) is 9.78 Å². The Morgan fingerprint density at radius 2 is 1.94 bits per heavy atom. The fraction of sp³-hybridized carbons (Fsp3) is 0.0909. The first-order valence-electron chi connectivity index (χ1n) is 4.69. The number of carbonyl (C=O) groups is 1. The highest BCUT2D eigenvalue weighted by Crippen LogP contribution is 2.21. The van der Waals surface area contributed by atoms with Gasteiger partial charge in [0, 0.05) is 23.5 Å². The Morgan fingerprint density at radius 1 is 1.18 bits per heavy atom. The molecule has 0 spiro atoms. The van der Waals surface area contributed by atoms with Crippen LogP contribution in [0, 0.1) is 0 Å². The van der Waals surface area contributed by atoms with Crippen LogP contribution >= 0.6 is 0 Å². The quantitative estimate of drug-likeness (QED) is 0.832. The molecule has 0 unspecified atom stereocenters. The van der Waals surface area contributed by atoms with E-state index < -0.39 is 12.1 Å². The maximum Gasteiger partial charge on any atom is 0.471 e. The number of hydrogen-bond donors (Lipinski definition) is 1. The lowest BCUT2D eigenvalue weighted by molar-refractivity contribution is -0.167. The van der Waals surface area contributed by atoms with Gasteiger partial charge < -0.3 is 5.32 Å². The summed E-state index contributed by atoms with van der Waals surface area (Å²) in [6.45, 7) is 0. The van der Waals surface area contributed by atoms with E-state index in [1.807, 2.05) is 0 Å². The van der Waals surface area contributed by atoms with Gasteiger partial charge in [0.2, 0.25) is 0 Å². The van der Waals surface area contributed by atoms with Gasteiger partial charge in [-0.1, -0.05) is 6.07 Å². The fourth-order valence-corrected chi connectivity index (χ4v) is 1.36. The van der Waals surface area contributed by atoms with Crippen LogP contribution in [0.5, 0.6) is 0 Å². The number of halogens is 3. The molecule has 1 N–H and O–H groups in total. The molecule has 2 aromatic rings. The third kappa shape index (κ3) is 2.52. The molecule has 0 saturated carbocycles. The minimum absolute atomic E-state index is 0.103. The molecular weight excluding hydrogens is 233 g/mol. The van der Waals surface area contributed by atoms with Crippen LogP contribution in [0.1, 0.15) is 0 Å². The highest BCUT2D eigenvalue weighted by molar-refractivity contribution is 5.97. The maximum atomic E-state index is 12.0. The van der Waals surface area contributed by atoms with Crippen molar-refractivity contribution in [3.05, 3.63) is 36.7 Å². The van der Waals surface area contributed by atoms with Crippen LogP contribution < -0.4 is 5.32 Å². The summed E-state index contributed by atoms with van der Waals surface area (Å²) >= 11 is 0. The molecule has 1 aromatic carbocycles. The second-order valence-electron chi connectivity index (χ2n) is 3.39. The number of nitrogens with one attached hydrogen (secondary N) is 1. The van der Waals surface area contributed by atoms with E-state index in [4.69, 9.17) is 0 Å². The van der Waals surface area contributed by atoms with E-state index in [0.717, 1.165) is 5.39 Å². The van der Waals surface area contributed by atoms with Crippen LogP contribution in [0.3, 0.4) is 0 Å². The summed E-state index contributed by atoms with van der Waals surface area (Å²) < 4.78 is 36.1. The van der Waals surface area contributed by atoms with E-state index in [-0.39, 0.29) is 5.69 Å². The zero-order valence-corrected chi connectivity index (χ0v) is 8.45. The molecule has 0 radical (unpaired) electrons. The number of carbonyl (C=O) groups excluding carboxylic acids is 1. The molecule has 3 nitrogen and oxygen atoms in total. The van der Waals surface area contributed by atoms with E-state index in [1.54, 1.807) is 23.6 Å². The van der Waals surface area contributed by atoms with Crippen molar-refractivity contribution in [1.82, 2.24) is 4.98 Å². The predicted molar refractivity (Wildman–Crippen MR) is 56.4 cm³/mol. The van der Waals surface area contributed by atoms with Crippen LogP contribution in [0.2, 0.25) is 0 Å². The summed E-state index contributed by atoms with van der Waals surface area (Å²) in [6.07, 6.45) is -1.77. The Labute approximate surface area is 94.3 Å². The second-order valence-corrected chi connectivity index (χ2v) is 3.39. The summed E-state index contributed by atoms with van der Waals surface area (Å²) in [7, 11) is 0. The highest BCUT2D eigenvalue weighted by Gasteiger charge is 2.38. The van der Waals surface area contributed by atoms with Gasteiger partial charge in [-0.05, 0) is 23.6 Å². The van der Waals surface area contributed by atoms with Crippen molar-refractivity contribution in [1.29, 1.82) is 0 Å². The molecule has 0 aliphatic heterocycles. The zero-order valence-electron chi connectivity index (χ0n) is 8.45. The van der Waals surface area contributed by atoms with Gasteiger partial charge >= 0.3 is 12.1 Å². The number of anilines is 1. The summed E-state index contributed by atoms with van der Waals surface area (Å²) in [5.74, 6) is -1.98. The average Bonchev–Trinajstić information content (AvgIpc) is 2.27. The number of pyridine rings is 1. The minimum atomic E-state index is -4.88. The first-order chi connectivity index (χ1) is 7.97. The number of fused-ring (bicyclic) bond motifs is 1. The summed E-state index contributed by atoms with van der Waals surface area (Å²) in [6, 6.07) is 6.10. The van der Waals surface area contributed by atoms with Crippen molar-refractivity contribution in [3.8, 4) is 0 Å². The van der Waals surface area contributed by atoms with E-state index in [1.165, 1.54) is 18.3 Å². The lowest BCUT2D eigenvalue weighted by atomic mass is 10.1. The number of rotatable bonds is 1. The number of aromatic nitrogens is 1. The molecule has 88 valence electrons. The summed E-state index contributed by atoms with van der Waals surface area (Å²) in [4.78, 5) is 14.6. The second kappa shape index (κ2) is 4.04. The van der Waals surface area contributed by atoms with Crippen molar-refractivity contribution in [3.63, 3.8) is 0 Å². The first-order valence-corrected chi connectivity index (χ1v) is 4.69. The number of benzene rings is 1. The standard InChI is InChI=1S/C11H7F3N2O/c12-11(13,14)10(17)16-9-2-1-8-6-15-4-3-7(8)5-9/h1-6H,(H,16,17). The van der Waals surface area contributed by atoms with Crippen molar-refractivity contribution in [2.45, 2.75) is 6.18 Å². The molecule has 0 atom stereocenters. The predicted octanol–water partition coefficient (Wildman–Crippen LogP) is 2.74. The number of nitrogens with zero attached hydrogens (tertiary/aromatic N) is 1. The van der Waals surface area contributed by atoms with E-state index in [0.29, 0.717) is 5.39 Å². The Hall–Kier alpha value is -2.11. The molecule has 0 bridgehead atoms. The molecule has 0 saturated heterocycles. The van der Waals surface area contributed by atoms with Crippen LogP contribution in [0.4, 0.5) is 18.9 Å². The average molecular weight is 240 g/mol. The Balaban J connectivity index is 2.29. The molecule has 0 aliphatic carbocycles. The Bertz CT molecular complexity index is 566. The largest absolute Gasteiger partial charge is 0.471 e. The van der Waals surface area contributed by atoms with Crippen molar-refractivity contribution < 1.29 is 18.0 Å². The normalized spacial score (nSPS) is 11.5. The third-order valence-electron chi connectivity index (χ3n) is 2.16. The summed E-state index contributed by atoms with van der Waals surface area (Å²) in [5, 5.41) is 3.29. The van der Waals surface area contributed by atoms with E-state index in [9.17, 15) is 18.0 Å². The highest BCUT2D eigenvalue weighted by atomic mass is 19.4. The minimum Gasteiger partial charge on any atom is -0.318 e. The lowest BCUT2D eigenvalue weighted by Crippen LogP contribution is -2.29. The van der Waals surface area contributed by atoms with Crippen molar-refractivity contribution >= 4 is 22.4 Å². The van der Waals surface area contributed by atoms with Gasteiger partial charge in [0.15, 0.2) is 0 Å². The van der Waals surface area contributed by atoms with Gasteiger partial charge in [-0.15, -0.1) is 0 Å². The van der Waals surface area contributed by atoms with Gasteiger partial charge in [0.05, 0.1) is 0 Å². The molecule has 1 heterocycles. The maximum absolute atomic E-state index is 12.0. The van der Waals surface area contributed by atoms with E-state index >= 15 is 0 Å². The smallest absolute Gasteiger partial charge is 0.318 e. The number of alkyl halides is 3. The Kier molecular flexibility index (Phi) is 2.71. The molecule has 2 rings (SSSR count).